The van der Waals surface area contributed by atoms with E-state index in [0.717, 1.165) is 11.1 Å². The molecule has 0 saturated carbocycles. The number of rotatable bonds is 4. The molecule has 158 valence electrons. The first kappa shape index (κ1) is 20.5. The number of nitrogens with one attached hydrogen (secondary N) is 2. The first-order chi connectivity index (χ1) is 14.8. The number of hydrogen-bond donors (Lipinski definition) is 2. The van der Waals surface area contributed by atoms with Gasteiger partial charge < -0.3 is 9.88 Å². The van der Waals surface area contributed by atoms with Crippen molar-refractivity contribution in [3.05, 3.63) is 87.3 Å². The van der Waals surface area contributed by atoms with Gasteiger partial charge in [0.1, 0.15) is 16.8 Å². The van der Waals surface area contributed by atoms with Crippen LogP contribution < -0.4 is 16.4 Å². The Morgan fingerprint density at radius 3 is 2.48 bits per heavy atom. The lowest BCUT2D eigenvalue weighted by Gasteiger charge is -2.19. The molecule has 1 amide bonds. The van der Waals surface area contributed by atoms with Crippen molar-refractivity contribution in [3.63, 3.8) is 0 Å². The topological polar surface area (TPSA) is 92.2 Å². The zero-order chi connectivity index (χ0) is 22.3. The monoisotopic (exact) mass is 415 g/mol. The third-order valence-corrected chi connectivity index (χ3v) is 5.41. The van der Waals surface area contributed by atoms with Crippen LogP contribution in [-0.2, 0) is 0 Å². The number of aryl methyl sites for hydroxylation is 1. The maximum atomic E-state index is 13.3. The van der Waals surface area contributed by atoms with Crippen molar-refractivity contribution >= 4 is 22.6 Å². The van der Waals surface area contributed by atoms with Crippen LogP contribution >= 0.6 is 0 Å². The van der Waals surface area contributed by atoms with Crippen molar-refractivity contribution in [3.8, 4) is 0 Å². The van der Waals surface area contributed by atoms with Gasteiger partial charge in [-0.2, -0.15) is 0 Å². The quantitative estimate of drug-likeness (QED) is 0.500. The molecule has 0 fully saturated rings. The average Bonchev–Trinajstić information content (AvgIpc) is 2.74. The number of nitrogens with zero attached hydrogens (tertiary/aromatic N) is 3. The summed E-state index contributed by atoms with van der Waals surface area (Å²) in [5, 5.41) is 12.0. The minimum Gasteiger partial charge on any atom is -0.345 e. The average molecular weight is 415 g/mol. The van der Waals surface area contributed by atoms with Gasteiger partial charge in [-0.3, -0.25) is 19.4 Å². The largest absolute Gasteiger partial charge is 0.345 e. The van der Waals surface area contributed by atoms with Gasteiger partial charge in [0.15, 0.2) is 0 Å². The molecule has 3 aromatic heterocycles. The van der Waals surface area contributed by atoms with E-state index in [9.17, 15) is 9.59 Å². The molecule has 0 aliphatic heterocycles. The van der Waals surface area contributed by atoms with Crippen molar-refractivity contribution in [2.45, 2.75) is 39.8 Å². The molecule has 2 N–H and O–H groups in total. The Balaban J connectivity index is 1.91. The highest BCUT2D eigenvalue weighted by Crippen LogP contribution is 2.16. The summed E-state index contributed by atoms with van der Waals surface area (Å²) in [7, 11) is 0. The van der Waals surface area contributed by atoms with Crippen molar-refractivity contribution in [1.29, 1.82) is 5.41 Å². The Labute approximate surface area is 179 Å². The molecule has 0 bridgehead atoms. The number of amides is 1. The van der Waals surface area contributed by atoms with Crippen LogP contribution in [0.1, 0.15) is 54.3 Å². The van der Waals surface area contributed by atoms with Crippen molar-refractivity contribution in [2.75, 3.05) is 0 Å². The number of fused-ring (bicyclic) bond motifs is 2. The van der Waals surface area contributed by atoms with Gasteiger partial charge >= 0.3 is 0 Å². The standard InChI is InChI=1S/C24H25N5O2/c1-14(2)29-21(25)18(23(30)26-16(4)17-8-6-5-7-9-17)12-19-22(29)27-20-11-10-15(3)13-28(20)24(19)31/h5-14,16,25H,1-4H3,(H,26,30)/t16-/m1/s1. The lowest BCUT2D eigenvalue weighted by molar-refractivity contribution is 0.0937. The zero-order valence-electron chi connectivity index (χ0n) is 18.0. The van der Waals surface area contributed by atoms with Crippen LogP contribution in [0.25, 0.3) is 16.7 Å². The van der Waals surface area contributed by atoms with Gasteiger partial charge in [-0.05, 0) is 51.0 Å². The molecule has 31 heavy (non-hydrogen) atoms. The van der Waals surface area contributed by atoms with Crippen molar-refractivity contribution in [1.82, 2.24) is 19.3 Å². The van der Waals surface area contributed by atoms with E-state index in [1.54, 1.807) is 16.8 Å². The first-order valence-electron chi connectivity index (χ1n) is 10.3. The molecular formula is C24H25N5O2. The fraction of sp³-hybridized carbons (Fsp3) is 0.250. The van der Waals surface area contributed by atoms with Gasteiger partial charge in [-0.25, -0.2) is 4.98 Å². The van der Waals surface area contributed by atoms with E-state index in [2.05, 4.69) is 10.3 Å². The predicted molar refractivity (Wildman–Crippen MR) is 120 cm³/mol. The summed E-state index contributed by atoms with van der Waals surface area (Å²) in [4.78, 5) is 31.0. The van der Waals surface area contributed by atoms with Crippen LogP contribution in [0.2, 0.25) is 0 Å². The molecule has 0 spiro atoms. The van der Waals surface area contributed by atoms with Gasteiger partial charge in [0.05, 0.1) is 17.0 Å². The van der Waals surface area contributed by atoms with E-state index < -0.39 is 5.91 Å². The van der Waals surface area contributed by atoms with E-state index in [-0.39, 0.29) is 28.7 Å². The van der Waals surface area contributed by atoms with E-state index in [1.807, 2.05) is 64.1 Å². The van der Waals surface area contributed by atoms with Crippen LogP contribution in [0.15, 0.2) is 59.5 Å². The lowest BCUT2D eigenvalue weighted by Crippen LogP contribution is -2.36. The molecule has 7 nitrogen and oxygen atoms in total. The van der Waals surface area contributed by atoms with Crippen LogP contribution in [-0.4, -0.2) is 19.9 Å². The van der Waals surface area contributed by atoms with Crippen LogP contribution in [0.3, 0.4) is 0 Å². The summed E-state index contributed by atoms with van der Waals surface area (Å²) < 4.78 is 3.12. The summed E-state index contributed by atoms with van der Waals surface area (Å²) in [6, 6.07) is 14.4. The van der Waals surface area contributed by atoms with E-state index in [4.69, 9.17) is 5.41 Å². The Kier molecular flexibility index (Phi) is 5.19. The van der Waals surface area contributed by atoms with E-state index >= 15 is 0 Å². The molecule has 4 rings (SSSR count). The Bertz CT molecular complexity index is 1420. The third-order valence-electron chi connectivity index (χ3n) is 5.41. The molecule has 1 aromatic carbocycles. The highest BCUT2D eigenvalue weighted by molar-refractivity contribution is 5.97. The van der Waals surface area contributed by atoms with Crippen molar-refractivity contribution in [2.24, 2.45) is 0 Å². The molecular weight excluding hydrogens is 390 g/mol. The Morgan fingerprint density at radius 2 is 1.81 bits per heavy atom. The van der Waals surface area contributed by atoms with Crippen LogP contribution in [0.4, 0.5) is 0 Å². The highest BCUT2D eigenvalue weighted by Gasteiger charge is 2.20. The summed E-state index contributed by atoms with van der Waals surface area (Å²) in [6.45, 7) is 7.61. The molecule has 0 saturated heterocycles. The second kappa shape index (κ2) is 7.83. The smallest absolute Gasteiger partial charge is 0.267 e. The summed E-state index contributed by atoms with van der Waals surface area (Å²) in [6.07, 6.45) is 1.73. The number of carbonyl (C=O) groups is 1. The SMILES string of the molecule is Cc1ccc2nc3c(cc(C(=O)N[C@H](C)c4ccccc4)c(=N)n3C(C)C)c(=O)n2c1. The summed E-state index contributed by atoms with van der Waals surface area (Å²) >= 11 is 0. The maximum Gasteiger partial charge on any atom is 0.267 e. The maximum absolute atomic E-state index is 13.3. The Hall–Kier alpha value is -3.74. The highest BCUT2D eigenvalue weighted by atomic mass is 16.2. The molecule has 0 aliphatic rings. The van der Waals surface area contributed by atoms with Gasteiger partial charge in [-0.15, -0.1) is 0 Å². The Morgan fingerprint density at radius 1 is 1.10 bits per heavy atom. The third kappa shape index (κ3) is 3.63. The lowest BCUT2D eigenvalue weighted by atomic mass is 10.1. The van der Waals surface area contributed by atoms with Gasteiger partial charge in [-0.1, -0.05) is 36.4 Å². The van der Waals surface area contributed by atoms with Gasteiger partial charge in [0, 0.05) is 12.2 Å². The second-order valence-electron chi connectivity index (χ2n) is 8.07. The molecule has 3 heterocycles. The summed E-state index contributed by atoms with van der Waals surface area (Å²) in [5.41, 5.74) is 2.72. The fourth-order valence-electron chi connectivity index (χ4n) is 3.78. The molecule has 0 radical (unpaired) electrons. The number of pyridine rings is 2. The second-order valence-corrected chi connectivity index (χ2v) is 8.07. The predicted octanol–water partition coefficient (Wildman–Crippen LogP) is 3.51. The minimum absolute atomic E-state index is 0.0311. The van der Waals surface area contributed by atoms with Gasteiger partial charge in [0.25, 0.3) is 11.5 Å². The number of carbonyl (C=O) groups excluding carboxylic acids is 1. The van der Waals surface area contributed by atoms with E-state index in [1.165, 1.54) is 10.5 Å². The van der Waals surface area contributed by atoms with Crippen LogP contribution in [0.5, 0.6) is 0 Å². The van der Waals surface area contributed by atoms with Gasteiger partial charge in [0.2, 0.25) is 0 Å². The van der Waals surface area contributed by atoms with E-state index in [0.29, 0.717) is 16.7 Å². The molecule has 0 unspecified atom stereocenters. The van der Waals surface area contributed by atoms with Crippen molar-refractivity contribution < 1.29 is 4.79 Å². The normalized spacial score (nSPS) is 12.4. The molecule has 4 aromatic rings. The number of benzene rings is 1. The number of hydrogen-bond acceptors (Lipinski definition) is 4. The van der Waals surface area contributed by atoms with Crippen LogP contribution in [0, 0.1) is 12.3 Å². The molecule has 1 atom stereocenters. The number of aromatic nitrogens is 3. The zero-order valence-corrected chi connectivity index (χ0v) is 18.0. The fourth-order valence-corrected chi connectivity index (χ4v) is 3.78. The first-order valence-corrected chi connectivity index (χ1v) is 10.3. The minimum atomic E-state index is -0.397. The molecule has 7 heteroatoms. The molecule has 0 aliphatic carbocycles. The summed E-state index contributed by atoms with van der Waals surface area (Å²) in [5.74, 6) is -0.397.